The second kappa shape index (κ2) is 8.64. The van der Waals surface area contributed by atoms with Gasteiger partial charge in [0.05, 0.1) is 5.92 Å². The first-order valence-electron chi connectivity index (χ1n) is 8.79. The zero-order chi connectivity index (χ0) is 19.2. The molecule has 0 fully saturated rings. The van der Waals surface area contributed by atoms with E-state index in [-0.39, 0.29) is 17.7 Å². The van der Waals surface area contributed by atoms with Gasteiger partial charge in [0.25, 0.3) is 0 Å². The molecule has 2 aromatic carbocycles. The van der Waals surface area contributed by atoms with E-state index in [1.807, 2.05) is 42.6 Å². The average molecular weight is 378 g/mol. The van der Waals surface area contributed by atoms with Gasteiger partial charge in [-0.1, -0.05) is 35.9 Å². The molecule has 5 heteroatoms. The van der Waals surface area contributed by atoms with Crippen molar-refractivity contribution in [2.24, 2.45) is 0 Å². The molecule has 4 nitrogen and oxygen atoms in total. The molecule has 0 aliphatic carbocycles. The summed E-state index contributed by atoms with van der Waals surface area (Å²) in [6, 6.07) is 19.3. The molecule has 3 rings (SSSR count). The highest BCUT2D eigenvalue weighted by molar-refractivity contribution is 7.09. The number of benzene rings is 2. The van der Waals surface area contributed by atoms with Gasteiger partial charge in [-0.3, -0.25) is 9.59 Å². The molecule has 0 radical (unpaired) electrons. The highest BCUT2D eigenvalue weighted by atomic mass is 32.1. The standard InChI is InChI=1S/C22H22N2O2S/c1-15-5-7-17(8-6-15)21(14-20-4-3-13-27-20)22(26)24-19-11-9-18(10-12-19)23-16(2)25/h3-13,21H,14H2,1-2H3,(H,23,25)(H,24,26). The maximum atomic E-state index is 13.0. The molecule has 1 atom stereocenters. The van der Waals surface area contributed by atoms with Crippen LogP contribution in [0.3, 0.4) is 0 Å². The fraction of sp³-hybridized carbons (Fsp3) is 0.182. The van der Waals surface area contributed by atoms with Gasteiger partial charge in [0.2, 0.25) is 11.8 Å². The number of carbonyl (C=O) groups excluding carboxylic acids is 2. The Kier molecular flexibility index (Phi) is 6.04. The topological polar surface area (TPSA) is 58.2 Å². The van der Waals surface area contributed by atoms with Gasteiger partial charge in [0.15, 0.2) is 0 Å². The molecule has 0 bridgehead atoms. The lowest BCUT2D eigenvalue weighted by Gasteiger charge is -2.17. The lowest BCUT2D eigenvalue weighted by atomic mass is 9.93. The Morgan fingerprint density at radius 3 is 2.11 bits per heavy atom. The number of hydrogen-bond donors (Lipinski definition) is 2. The van der Waals surface area contributed by atoms with Crippen LogP contribution in [0.4, 0.5) is 11.4 Å². The molecule has 2 amide bonds. The van der Waals surface area contributed by atoms with Crippen molar-refractivity contribution in [3.05, 3.63) is 82.0 Å². The maximum Gasteiger partial charge on any atom is 0.232 e. The highest BCUT2D eigenvalue weighted by Crippen LogP contribution is 2.26. The van der Waals surface area contributed by atoms with Crippen molar-refractivity contribution < 1.29 is 9.59 Å². The molecule has 0 aliphatic rings. The largest absolute Gasteiger partial charge is 0.326 e. The van der Waals surface area contributed by atoms with Gasteiger partial charge in [-0.05, 0) is 54.6 Å². The molecule has 3 aromatic rings. The van der Waals surface area contributed by atoms with Crippen LogP contribution in [0.15, 0.2) is 66.0 Å². The fourth-order valence-electron chi connectivity index (χ4n) is 2.86. The van der Waals surface area contributed by atoms with Crippen LogP contribution in [0.2, 0.25) is 0 Å². The third-order valence-electron chi connectivity index (χ3n) is 4.25. The summed E-state index contributed by atoms with van der Waals surface area (Å²) in [6.45, 7) is 3.50. The summed E-state index contributed by atoms with van der Waals surface area (Å²) in [7, 11) is 0. The van der Waals surface area contributed by atoms with Gasteiger partial charge in [-0.15, -0.1) is 11.3 Å². The second-order valence-electron chi connectivity index (χ2n) is 6.49. The Bertz CT molecular complexity index is 901. The first kappa shape index (κ1) is 18.9. The van der Waals surface area contributed by atoms with Crippen LogP contribution < -0.4 is 10.6 Å². The SMILES string of the molecule is CC(=O)Nc1ccc(NC(=O)C(Cc2cccs2)c2ccc(C)cc2)cc1. The summed E-state index contributed by atoms with van der Waals surface area (Å²) in [5.41, 5.74) is 3.58. The molecular weight excluding hydrogens is 356 g/mol. The van der Waals surface area contributed by atoms with E-state index in [1.165, 1.54) is 17.4 Å². The van der Waals surface area contributed by atoms with E-state index in [0.29, 0.717) is 17.8 Å². The minimum atomic E-state index is -0.265. The molecule has 1 heterocycles. The van der Waals surface area contributed by atoms with Crippen LogP contribution in [0.1, 0.15) is 28.8 Å². The number of aryl methyl sites for hydroxylation is 1. The molecule has 27 heavy (non-hydrogen) atoms. The second-order valence-corrected chi connectivity index (χ2v) is 7.53. The smallest absolute Gasteiger partial charge is 0.232 e. The van der Waals surface area contributed by atoms with E-state index in [1.54, 1.807) is 35.6 Å². The minimum Gasteiger partial charge on any atom is -0.326 e. The van der Waals surface area contributed by atoms with E-state index < -0.39 is 0 Å². The van der Waals surface area contributed by atoms with E-state index >= 15 is 0 Å². The van der Waals surface area contributed by atoms with Gasteiger partial charge in [0, 0.05) is 23.2 Å². The van der Waals surface area contributed by atoms with Crippen molar-refractivity contribution >= 4 is 34.5 Å². The summed E-state index contributed by atoms with van der Waals surface area (Å²) in [5, 5.41) is 7.75. The molecule has 0 aliphatic heterocycles. The molecule has 1 unspecified atom stereocenters. The number of rotatable bonds is 6. The van der Waals surface area contributed by atoms with E-state index in [4.69, 9.17) is 0 Å². The number of nitrogens with one attached hydrogen (secondary N) is 2. The Hall–Kier alpha value is -2.92. The van der Waals surface area contributed by atoms with Crippen LogP contribution in [-0.2, 0) is 16.0 Å². The van der Waals surface area contributed by atoms with Crippen molar-refractivity contribution in [3.8, 4) is 0 Å². The van der Waals surface area contributed by atoms with Crippen molar-refractivity contribution in [1.82, 2.24) is 0 Å². The lowest BCUT2D eigenvalue weighted by molar-refractivity contribution is -0.117. The summed E-state index contributed by atoms with van der Waals surface area (Å²) >= 11 is 1.66. The van der Waals surface area contributed by atoms with Crippen molar-refractivity contribution in [1.29, 1.82) is 0 Å². The van der Waals surface area contributed by atoms with Crippen molar-refractivity contribution in [2.45, 2.75) is 26.2 Å². The summed E-state index contributed by atoms with van der Waals surface area (Å²) in [4.78, 5) is 25.3. The zero-order valence-electron chi connectivity index (χ0n) is 15.4. The number of anilines is 2. The number of carbonyl (C=O) groups is 2. The monoisotopic (exact) mass is 378 g/mol. The Morgan fingerprint density at radius 1 is 0.926 bits per heavy atom. The van der Waals surface area contributed by atoms with Gasteiger partial charge >= 0.3 is 0 Å². The summed E-state index contributed by atoms with van der Waals surface area (Å²) < 4.78 is 0. The Morgan fingerprint density at radius 2 is 1.56 bits per heavy atom. The van der Waals surface area contributed by atoms with Gasteiger partial charge in [-0.25, -0.2) is 0 Å². The van der Waals surface area contributed by atoms with Crippen LogP contribution in [0.25, 0.3) is 0 Å². The zero-order valence-corrected chi connectivity index (χ0v) is 16.2. The third-order valence-corrected chi connectivity index (χ3v) is 5.15. The third kappa shape index (κ3) is 5.28. The van der Waals surface area contributed by atoms with Gasteiger partial charge in [-0.2, -0.15) is 0 Å². The molecular formula is C22H22N2O2S. The van der Waals surface area contributed by atoms with Crippen LogP contribution in [-0.4, -0.2) is 11.8 Å². The Labute approximate surface area is 163 Å². The van der Waals surface area contributed by atoms with Gasteiger partial charge < -0.3 is 10.6 Å². The molecule has 138 valence electrons. The van der Waals surface area contributed by atoms with Crippen LogP contribution in [0.5, 0.6) is 0 Å². The van der Waals surface area contributed by atoms with Crippen LogP contribution >= 0.6 is 11.3 Å². The van der Waals surface area contributed by atoms with Crippen LogP contribution in [0, 0.1) is 6.92 Å². The number of thiophene rings is 1. The number of amides is 2. The summed E-state index contributed by atoms with van der Waals surface area (Å²) in [5.74, 6) is -0.430. The molecule has 1 aromatic heterocycles. The molecule has 0 saturated heterocycles. The van der Waals surface area contributed by atoms with E-state index in [2.05, 4.69) is 16.7 Å². The van der Waals surface area contributed by atoms with E-state index in [9.17, 15) is 9.59 Å². The first-order valence-corrected chi connectivity index (χ1v) is 9.66. The minimum absolute atomic E-state index is 0.0421. The average Bonchev–Trinajstić information content (AvgIpc) is 3.15. The maximum absolute atomic E-state index is 13.0. The molecule has 2 N–H and O–H groups in total. The molecule has 0 saturated carbocycles. The Balaban J connectivity index is 1.77. The number of hydrogen-bond acceptors (Lipinski definition) is 3. The highest BCUT2D eigenvalue weighted by Gasteiger charge is 2.22. The predicted octanol–water partition coefficient (Wildman–Crippen LogP) is 4.98. The predicted molar refractivity (Wildman–Crippen MR) is 111 cm³/mol. The van der Waals surface area contributed by atoms with Gasteiger partial charge in [0.1, 0.15) is 0 Å². The summed E-state index contributed by atoms with van der Waals surface area (Å²) in [6.07, 6.45) is 0.663. The lowest BCUT2D eigenvalue weighted by Crippen LogP contribution is -2.22. The fourth-order valence-corrected chi connectivity index (χ4v) is 3.61. The normalized spacial score (nSPS) is 11.6. The quantitative estimate of drug-likeness (QED) is 0.635. The van der Waals surface area contributed by atoms with Crippen molar-refractivity contribution in [3.63, 3.8) is 0 Å². The van der Waals surface area contributed by atoms with Crippen molar-refractivity contribution in [2.75, 3.05) is 10.6 Å². The molecule has 0 spiro atoms. The first-order chi connectivity index (χ1) is 13.0. The van der Waals surface area contributed by atoms with E-state index in [0.717, 1.165) is 5.56 Å².